The van der Waals surface area contributed by atoms with Gasteiger partial charge in [-0.1, -0.05) is 40.2 Å². The molecule has 1 aromatic carbocycles. The Bertz CT molecular complexity index is 257. The van der Waals surface area contributed by atoms with Gasteiger partial charge in [-0.15, -0.1) is 6.58 Å². The third kappa shape index (κ3) is 1.84. The third-order valence-electron chi connectivity index (χ3n) is 1.44. The summed E-state index contributed by atoms with van der Waals surface area (Å²) in [5, 5.41) is 9.33. The van der Waals surface area contributed by atoms with Gasteiger partial charge < -0.3 is 5.11 Å². The molecule has 0 saturated heterocycles. The van der Waals surface area contributed by atoms with Gasteiger partial charge in [-0.2, -0.15) is 0 Å². The highest BCUT2D eigenvalue weighted by Gasteiger charge is 2.05. The number of aromatic hydroxyl groups is 1. The summed E-state index contributed by atoms with van der Waals surface area (Å²) in [4.78, 5) is 0.0312. The minimum atomic E-state index is 0.0312. The van der Waals surface area contributed by atoms with Gasteiger partial charge >= 0.3 is 0 Å². The maximum Gasteiger partial charge on any atom is 0.120 e. The normalized spacial score (nSPS) is 12.5. The van der Waals surface area contributed by atoms with E-state index in [1.807, 2.05) is 12.1 Å². The van der Waals surface area contributed by atoms with Crippen LogP contribution in [0.3, 0.4) is 0 Å². The number of para-hydroxylation sites is 1. The van der Waals surface area contributed by atoms with E-state index in [0.29, 0.717) is 5.75 Å². The molecule has 11 heavy (non-hydrogen) atoms. The maximum atomic E-state index is 9.33. The summed E-state index contributed by atoms with van der Waals surface area (Å²) >= 11 is 3.36. The average molecular weight is 213 g/mol. The van der Waals surface area contributed by atoms with Crippen LogP contribution in [0.15, 0.2) is 36.9 Å². The molecule has 1 unspecified atom stereocenters. The molecule has 1 N–H and O–H groups in total. The predicted octanol–water partition coefficient (Wildman–Crippen LogP) is 3.01. The number of phenolic OH excluding ortho intramolecular Hbond substituents is 1. The van der Waals surface area contributed by atoms with Gasteiger partial charge in [-0.25, -0.2) is 0 Å². The first-order chi connectivity index (χ1) is 5.25. The minimum Gasteiger partial charge on any atom is -0.508 e. The Morgan fingerprint density at radius 1 is 1.45 bits per heavy atom. The summed E-state index contributed by atoms with van der Waals surface area (Å²) in [5.41, 5.74) is 0.850. The minimum absolute atomic E-state index is 0.0312. The average Bonchev–Trinajstić information content (AvgIpc) is 2.04. The molecular weight excluding hydrogens is 204 g/mol. The molecular formula is C9H9BrO. The van der Waals surface area contributed by atoms with Crippen molar-refractivity contribution in [2.45, 2.75) is 4.83 Å². The van der Waals surface area contributed by atoms with Gasteiger partial charge in [0.2, 0.25) is 0 Å². The van der Waals surface area contributed by atoms with E-state index < -0.39 is 0 Å². The number of phenols is 1. The zero-order valence-electron chi connectivity index (χ0n) is 6.00. The molecule has 0 aliphatic heterocycles. The monoisotopic (exact) mass is 212 g/mol. The highest BCUT2D eigenvalue weighted by atomic mass is 79.9. The van der Waals surface area contributed by atoms with E-state index in [-0.39, 0.29) is 4.83 Å². The van der Waals surface area contributed by atoms with Gasteiger partial charge in [0.15, 0.2) is 0 Å². The van der Waals surface area contributed by atoms with Crippen LogP contribution in [0.4, 0.5) is 0 Å². The SMILES string of the molecule is C=CC(Br)c1ccccc1O. The Morgan fingerprint density at radius 3 is 2.64 bits per heavy atom. The molecule has 0 fully saturated rings. The van der Waals surface area contributed by atoms with Crippen molar-refractivity contribution < 1.29 is 5.11 Å². The van der Waals surface area contributed by atoms with Crippen molar-refractivity contribution in [2.75, 3.05) is 0 Å². The lowest BCUT2D eigenvalue weighted by molar-refractivity contribution is 0.469. The molecule has 0 heterocycles. The van der Waals surface area contributed by atoms with Crippen LogP contribution >= 0.6 is 15.9 Å². The van der Waals surface area contributed by atoms with Crippen LogP contribution in [0, 0.1) is 0 Å². The highest BCUT2D eigenvalue weighted by molar-refractivity contribution is 9.09. The fourth-order valence-corrected chi connectivity index (χ4v) is 1.23. The zero-order valence-corrected chi connectivity index (χ0v) is 7.58. The zero-order chi connectivity index (χ0) is 8.27. The Kier molecular flexibility index (Phi) is 2.71. The fourth-order valence-electron chi connectivity index (χ4n) is 0.848. The summed E-state index contributed by atoms with van der Waals surface area (Å²) in [6.07, 6.45) is 1.73. The Labute approximate surface area is 74.5 Å². The van der Waals surface area contributed by atoms with Gasteiger partial charge in [0.05, 0.1) is 4.83 Å². The van der Waals surface area contributed by atoms with Crippen LogP contribution < -0.4 is 0 Å². The van der Waals surface area contributed by atoms with Crippen molar-refractivity contribution in [3.8, 4) is 5.75 Å². The van der Waals surface area contributed by atoms with Crippen LogP contribution in [0.1, 0.15) is 10.4 Å². The van der Waals surface area contributed by atoms with E-state index in [1.165, 1.54) is 0 Å². The molecule has 0 saturated carbocycles. The van der Waals surface area contributed by atoms with Gasteiger partial charge in [-0.3, -0.25) is 0 Å². The van der Waals surface area contributed by atoms with E-state index in [1.54, 1.807) is 18.2 Å². The second-order valence-corrected chi connectivity index (χ2v) is 3.18. The van der Waals surface area contributed by atoms with E-state index in [9.17, 15) is 5.11 Å². The first-order valence-corrected chi connectivity index (χ1v) is 4.22. The van der Waals surface area contributed by atoms with E-state index in [0.717, 1.165) is 5.56 Å². The van der Waals surface area contributed by atoms with Gasteiger partial charge in [0.25, 0.3) is 0 Å². The van der Waals surface area contributed by atoms with Gasteiger partial charge in [0.1, 0.15) is 5.75 Å². The molecule has 0 aliphatic rings. The van der Waals surface area contributed by atoms with Crippen LogP contribution in [0.2, 0.25) is 0 Å². The Hall–Kier alpha value is -0.760. The molecule has 2 heteroatoms. The smallest absolute Gasteiger partial charge is 0.120 e. The summed E-state index contributed by atoms with van der Waals surface area (Å²) < 4.78 is 0. The van der Waals surface area contributed by atoms with Gasteiger partial charge in [0, 0.05) is 5.56 Å². The van der Waals surface area contributed by atoms with Crippen molar-refractivity contribution in [2.24, 2.45) is 0 Å². The second-order valence-electron chi connectivity index (χ2n) is 2.20. The highest BCUT2D eigenvalue weighted by Crippen LogP contribution is 2.30. The molecule has 0 aliphatic carbocycles. The third-order valence-corrected chi connectivity index (χ3v) is 2.31. The number of allylic oxidation sites excluding steroid dienone is 1. The molecule has 1 rings (SSSR count). The quantitative estimate of drug-likeness (QED) is 0.591. The molecule has 1 atom stereocenters. The Balaban J connectivity index is 3.02. The molecule has 0 spiro atoms. The van der Waals surface area contributed by atoms with Crippen molar-refractivity contribution in [3.05, 3.63) is 42.5 Å². The van der Waals surface area contributed by atoms with Crippen molar-refractivity contribution in [3.63, 3.8) is 0 Å². The largest absolute Gasteiger partial charge is 0.508 e. The summed E-state index contributed by atoms with van der Waals surface area (Å²) in [6.45, 7) is 3.62. The first-order valence-electron chi connectivity index (χ1n) is 3.30. The lowest BCUT2D eigenvalue weighted by atomic mass is 10.1. The molecule has 0 amide bonds. The van der Waals surface area contributed by atoms with Crippen molar-refractivity contribution in [1.29, 1.82) is 0 Å². The van der Waals surface area contributed by atoms with Gasteiger partial charge in [-0.05, 0) is 6.07 Å². The topological polar surface area (TPSA) is 20.2 Å². The number of halogens is 1. The Morgan fingerprint density at radius 2 is 2.09 bits per heavy atom. The van der Waals surface area contributed by atoms with Crippen LogP contribution in [-0.2, 0) is 0 Å². The molecule has 58 valence electrons. The number of alkyl halides is 1. The summed E-state index contributed by atoms with van der Waals surface area (Å²) in [6, 6.07) is 7.19. The summed E-state index contributed by atoms with van der Waals surface area (Å²) in [5.74, 6) is 0.300. The van der Waals surface area contributed by atoms with E-state index in [4.69, 9.17) is 0 Å². The lowest BCUT2D eigenvalue weighted by Gasteiger charge is -2.05. The fraction of sp³-hybridized carbons (Fsp3) is 0.111. The molecule has 1 aromatic rings. The standard InChI is InChI=1S/C9H9BrO/c1-2-8(10)7-5-3-4-6-9(7)11/h2-6,8,11H,1H2. The van der Waals surface area contributed by atoms with E-state index >= 15 is 0 Å². The van der Waals surface area contributed by atoms with Crippen molar-refractivity contribution >= 4 is 15.9 Å². The molecule has 0 bridgehead atoms. The maximum absolute atomic E-state index is 9.33. The molecule has 0 radical (unpaired) electrons. The molecule has 0 aromatic heterocycles. The lowest BCUT2D eigenvalue weighted by Crippen LogP contribution is -1.84. The molecule has 1 nitrogen and oxygen atoms in total. The number of benzene rings is 1. The number of rotatable bonds is 2. The van der Waals surface area contributed by atoms with E-state index in [2.05, 4.69) is 22.5 Å². The second kappa shape index (κ2) is 3.58. The number of hydrogen-bond donors (Lipinski definition) is 1. The van der Waals surface area contributed by atoms with Crippen LogP contribution in [-0.4, -0.2) is 5.11 Å². The van der Waals surface area contributed by atoms with Crippen LogP contribution in [0.25, 0.3) is 0 Å². The number of hydrogen-bond acceptors (Lipinski definition) is 1. The predicted molar refractivity (Wildman–Crippen MR) is 50.0 cm³/mol. The van der Waals surface area contributed by atoms with Crippen molar-refractivity contribution in [1.82, 2.24) is 0 Å². The summed E-state index contributed by atoms with van der Waals surface area (Å²) in [7, 11) is 0. The van der Waals surface area contributed by atoms with Crippen LogP contribution in [0.5, 0.6) is 5.75 Å². The first kappa shape index (κ1) is 8.34.